The highest BCUT2D eigenvalue weighted by atomic mass is 16.5. The van der Waals surface area contributed by atoms with E-state index in [1.165, 1.54) is 5.56 Å². The number of piperidine rings is 1. The number of fused-ring (bicyclic) bond motifs is 1. The third-order valence-electron chi connectivity index (χ3n) is 8.81. The molecule has 4 aromatic rings. The van der Waals surface area contributed by atoms with Gasteiger partial charge >= 0.3 is 0 Å². The van der Waals surface area contributed by atoms with E-state index in [-0.39, 0.29) is 17.5 Å². The Labute approximate surface area is 233 Å². The average molecular weight is 539 g/mol. The molecule has 40 heavy (non-hydrogen) atoms. The first-order valence-corrected chi connectivity index (χ1v) is 14.2. The number of carbonyl (C=O) groups is 1. The van der Waals surface area contributed by atoms with Crippen LogP contribution in [0.25, 0.3) is 22.0 Å². The number of anilines is 2. The summed E-state index contributed by atoms with van der Waals surface area (Å²) in [6.45, 7) is 7.51. The molecular weight excluding hydrogens is 504 g/mol. The molecule has 9 nitrogen and oxygen atoms in total. The topological polar surface area (TPSA) is 96.6 Å². The molecule has 206 valence electrons. The summed E-state index contributed by atoms with van der Waals surface area (Å²) in [5.41, 5.74) is 4.96. The first-order valence-electron chi connectivity index (χ1n) is 14.2. The number of ether oxygens (including phenoxy) is 1. The van der Waals surface area contributed by atoms with Crippen LogP contribution in [0.4, 0.5) is 11.8 Å². The lowest BCUT2D eigenvalue weighted by Gasteiger charge is -2.40. The number of aryl methyl sites for hydroxylation is 2. The van der Waals surface area contributed by atoms with E-state index in [1.54, 1.807) is 0 Å². The fraction of sp³-hybridized carbons (Fsp3) is 0.419. The SMILES string of the molecule is Cc1noc(C)c1-c1ccc2nc(N3CCC4(CCC(=O)N4)CC3)nc(N3CCOC[C@@H]3c3ccccc3)c2c1. The van der Waals surface area contributed by atoms with Gasteiger partial charge in [-0.3, -0.25) is 4.79 Å². The van der Waals surface area contributed by atoms with Crippen LogP contribution < -0.4 is 15.1 Å². The van der Waals surface area contributed by atoms with Crippen LogP contribution in [0.1, 0.15) is 48.7 Å². The zero-order valence-electron chi connectivity index (χ0n) is 23.0. The second kappa shape index (κ2) is 9.89. The standard InChI is InChI=1S/C31H34N6O3/c1-20-28(21(2)40-35-20)23-8-9-25-24(18-23)29(37-16-17-39-19-26(37)22-6-4-3-5-7-22)33-30(32-25)36-14-12-31(13-15-36)11-10-27(38)34-31/h3-9,18,26H,10-17,19H2,1-2H3,(H,34,38)/t26-/m1/s1. The molecule has 0 saturated carbocycles. The number of morpholine rings is 1. The molecule has 5 heterocycles. The van der Waals surface area contributed by atoms with Crippen molar-refractivity contribution in [2.75, 3.05) is 42.6 Å². The Kier molecular flexibility index (Phi) is 6.19. The number of rotatable bonds is 4. The Morgan fingerprint density at radius 3 is 2.55 bits per heavy atom. The number of nitrogens with zero attached hydrogens (tertiary/aromatic N) is 5. The molecule has 0 radical (unpaired) electrons. The predicted molar refractivity (Wildman–Crippen MR) is 153 cm³/mol. The quantitative estimate of drug-likeness (QED) is 0.399. The Bertz CT molecular complexity index is 1540. The minimum Gasteiger partial charge on any atom is -0.377 e. The number of carbonyl (C=O) groups excluding carboxylic acids is 1. The maximum absolute atomic E-state index is 12.0. The third kappa shape index (κ3) is 4.38. The molecule has 1 spiro atoms. The lowest BCUT2D eigenvalue weighted by atomic mass is 9.86. The average Bonchev–Trinajstić information content (AvgIpc) is 3.53. The van der Waals surface area contributed by atoms with E-state index in [2.05, 4.69) is 62.7 Å². The third-order valence-corrected chi connectivity index (χ3v) is 8.81. The van der Waals surface area contributed by atoms with Gasteiger partial charge in [-0.05, 0) is 56.4 Å². The molecule has 0 aliphatic carbocycles. The zero-order valence-corrected chi connectivity index (χ0v) is 23.0. The second-order valence-electron chi connectivity index (χ2n) is 11.3. The van der Waals surface area contributed by atoms with E-state index in [0.717, 1.165) is 84.1 Å². The van der Waals surface area contributed by atoms with Crippen molar-refractivity contribution >= 4 is 28.6 Å². The molecular formula is C31H34N6O3. The number of benzene rings is 2. The van der Waals surface area contributed by atoms with Gasteiger partial charge in [0, 0.05) is 42.5 Å². The molecule has 9 heteroatoms. The summed E-state index contributed by atoms with van der Waals surface area (Å²) >= 11 is 0. The fourth-order valence-corrected chi connectivity index (χ4v) is 6.60. The monoisotopic (exact) mass is 538 g/mol. The van der Waals surface area contributed by atoms with Crippen LogP contribution in [0.3, 0.4) is 0 Å². The predicted octanol–water partition coefficient (Wildman–Crippen LogP) is 4.73. The summed E-state index contributed by atoms with van der Waals surface area (Å²) in [5.74, 6) is 2.63. The number of nitrogens with one attached hydrogen (secondary N) is 1. The van der Waals surface area contributed by atoms with Crippen LogP contribution in [-0.2, 0) is 9.53 Å². The van der Waals surface area contributed by atoms with Gasteiger partial charge in [0.15, 0.2) is 0 Å². The van der Waals surface area contributed by atoms with Crippen molar-refractivity contribution in [1.29, 1.82) is 0 Å². The molecule has 0 bridgehead atoms. The smallest absolute Gasteiger partial charge is 0.227 e. The summed E-state index contributed by atoms with van der Waals surface area (Å²) < 4.78 is 11.5. The molecule has 3 fully saturated rings. The van der Waals surface area contributed by atoms with Crippen LogP contribution in [0.15, 0.2) is 53.1 Å². The largest absolute Gasteiger partial charge is 0.377 e. The Balaban J connectivity index is 1.32. The lowest BCUT2D eigenvalue weighted by molar-refractivity contribution is -0.119. The Hall–Kier alpha value is -3.98. The van der Waals surface area contributed by atoms with Crippen LogP contribution in [0.5, 0.6) is 0 Å². The number of amides is 1. The van der Waals surface area contributed by atoms with Crippen LogP contribution in [0.2, 0.25) is 0 Å². The van der Waals surface area contributed by atoms with Crippen LogP contribution in [-0.4, -0.2) is 59.4 Å². The van der Waals surface area contributed by atoms with Gasteiger partial charge in [0.25, 0.3) is 0 Å². The normalized spacial score (nSPS) is 20.9. The summed E-state index contributed by atoms with van der Waals surface area (Å²) in [6.07, 6.45) is 3.36. The highest BCUT2D eigenvalue weighted by molar-refractivity contribution is 5.94. The maximum Gasteiger partial charge on any atom is 0.227 e. The van der Waals surface area contributed by atoms with Gasteiger partial charge in [-0.25, -0.2) is 4.98 Å². The minimum absolute atomic E-state index is 0.0435. The molecule has 1 amide bonds. The summed E-state index contributed by atoms with van der Waals surface area (Å²) in [4.78, 5) is 27.0. The Morgan fingerprint density at radius 1 is 1.00 bits per heavy atom. The van der Waals surface area contributed by atoms with Gasteiger partial charge in [-0.2, -0.15) is 4.98 Å². The van der Waals surface area contributed by atoms with Crippen molar-refractivity contribution in [3.05, 3.63) is 65.5 Å². The van der Waals surface area contributed by atoms with Gasteiger partial charge < -0.3 is 24.4 Å². The van der Waals surface area contributed by atoms with Gasteiger partial charge in [0.1, 0.15) is 11.6 Å². The summed E-state index contributed by atoms with van der Waals surface area (Å²) in [6, 6.07) is 16.9. The van der Waals surface area contributed by atoms with Gasteiger partial charge in [0.05, 0.1) is 30.5 Å². The molecule has 2 aromatic heterocycles. The minimum atomic E-state index is -0.0703. The highest BCUT2D eigenvalue weighted by Crippen LogP contribution is 2.39. The maximum atomic E-state index is 12.0. The van der Waals surface area contributed by atoms with Crippen molar-refractivity contribution < 1.29 is 14.1 Å². The van der Waals surface area contributed by atoms with E-state index in [4.69, 9.17) is 19.2 Å². The molecule has 3 aliphatic heterocycles. The Morgan fingerprint density at radius 2 is 1.82 bits per heavy atom. The van der Waals surface area contributed by atoms with E-state index in [1.807, 2.05) is 19.9 Å². The first kappa shape index (κ1) is 25.0. The number of hydrogen-bond acceptors (Lipinski definition) is 8. The van der Waals surface area contributed by atoms with Crippen molar-refractivity contribution in [2.24, 2.45) is 0 Å². The second-order valence-corrected chi connectivity index (χ2v) is 11.3. The van der Waals surface area contributed by atoms with E-state index < -0.39 is 0 Å². The lowest BCUT2D eigenvalue weighted by Crippen LogP contribution is -2.51. The van der Waals surface area contributed by atoms with E-state index in [0.29, 0.717) is 19.6 Å². The molecule has 3 aliphatic rings. The van der Waals surface area contributed by atoms with Gasteiger partial charge in [-0.1, -0.05) is 41.6 Å². The van der Waals surface area contributed by atoms with E-state index in [9.17, 15) is 4.79 Å². The van der Waals surface area contributed by atoms with E-state index >= 15 is 0 Å². The zero-order chi connectivity index (χ0) is 27.3. The van der Waals surface area contributed by atoms with Crippen LogP contribution in [0, 0.1) is 13.8 Å². The van der Waals surface area contributed by atoms with Gasteiger partial charge in [-0.15, -0.1) is 0 Å². The molecule has 0 unspecified atom stereocenters. The molecule has 7 rings (SSSR count). The molecule has 1 N–H and O–H groups in total. The fourth-order valence-electron chi connectivity index (χ4n) is 6.60. The summed E-state index contributed by atoms with van der Waals surface area (Å²) in [7, 11) is 0. The van der Waals surface area contributed by atoms with Crippen molar-refractivity contribution in [2.45, 2.75) is 51.1 Å². The van der Waals surface area contributed by atoms with Crippen molar-refractivity contribution in [1.82, 2.24) is 20.4 Å². The molecule has 2 aromatic carbocycles. The van der Waals surface area contributed by atoms with Crippen molar-refractivity contribution in [3.8, 4) is 11.1 Å². The molecule has 3 saturated heterocycles. The summed E-state index contributed by atoms with van der Waals surface area (Å²) in [5, 5.41) is 8.43. The van der Waals surface area contributed by atoms with Gasteiger partial charge in [0.2, 0.25) is 11.9 Å². The first-order chi connectivity index (χ1) is 19.5. The highest BCUT2D eigenvalue weighted by Gasteiger charge is 2.41. The molecule has 1 atom stereocenters. The number of aromatic nitrogens is 3. The number of hydrogen-bond donors (Lipinski definition) is 1. The van der Waals surface area contributed by atoms with Crippen molar-refractivity contribution in [3.63, 3.8) is 0 Å². The van der Waals surface area contributed by atoms with Crippen LogP contribution >= 0.6 is 0 Å².